The molecule has 0 aliphatic rings. The van der Waals surface area contributed by atoms with Crippen LogP contribution in [-0.2, 0) is 6.42 Å². The molecule has 0 heterocycles. The number of hydrogen-bond donors (Lipinski definition) is 1. The van der Waals surface area contributed by atoms with Crippen molar-refractivity contribution >= 4 is 0 Å². The van der Waals surface area contributed by atoms with Gasteiger partial charge in [0.15, 0.2) is 0 Å². The Bertz CT molecular complexity index is 280. The molecule has 1 rings (SSSR count). The molecule has 0 aliphatic heterocycles. The van der Waals surface area contributed by atoms with E-state index in [1.807, 2.05) is 0 Å². The molecule has 0 aliphatic carbocycles. The number of rotatable bonds is 6. The molecule has 0 spiro atoms. The van der Waals surface area contributed by atoms with Gasteiger partial charge in [-0.15, -0.1) is 0 Å². The summed E-state index contributed by atoms with van der Waals surface area (Å²) in [5, 5.41) is 3.52. The van der Waals surface area contributed by atoms with E-state index < -0.39 is 0 Å². The summed E-state index contributed by atoms with van der Waals surface area (Å²) in [7, 11) is 0. The minimum Gasteiger partial charge on any atom is -0.314 e. The molecule has 84 valence electrons. The van der Waals surface area contributed by atoms with Crippen molar-refractivity contribution in [2.24, 2.45) is 0 Å². The van der Waals surface area contributed by atoms with Crippen LogP contribution in [0.1, 0.15) is 37.8 Å². The predicted octanol–water partition coefficient (Wildman–Crippen LogP) is 3.32. The second-order valence-corrected chi connectivity index (χ2v) is 4.36. The van der Waals surface area contributed by atoms with Crippen LogP contribution < -0.4 is 5.32 Å². The van der Waals surface area contributed by atoms with Crippen molar-refractivity contribution < 1.29 is 0 Å². The van der Waals surface area contributed by atoms with Crippen LogP contribution >= 0.6 is 0 Å². The van der Waals surface area contributed by atoms with Gasteiger partial charge in [0.1, 0.15) is 0 Å². The maximum absolute atomic E-state index is 3.52. The van der Waals surface area contributed by atoms with Gasteiger partial charge in [0.05, 0.1) is 0 Å². The minimum absolute atomic E-state index is 0.655. The predicted molar refractivity (Wildman–Crippen MR) is 67.3 cm³/mol. The Morgan fingerprint density at radius 1 is 1.33 bits per heavy atom. The zero-order valence-corrected chi connectivity index (χ0v) is 10.2. The third-order valence-corrected chi connectivity index (χ3v) is 2.83. The van der Waals surface area contributed by atoms with Gasteiger partial charge >= 0.3 is 0 Å². The van der Waals surface area contributed by atoms with Crippen LogP contribution in [0.2, 0.25) is 0 Å². The highest BCUT2D eigenvalue weighted by atomic mass is 14.9. The quantitative estimate of drug-likeness (QED) is 0.703. The Hall–Kier alpha value is -0.820. The smallest absolute Gasteiger partial charge is 0.00361 e. The van der Waals surface area contributed by atoms with Crippen molar-refractivity contribution in [3.8, 4) is 0 Å². The van der Waals surface area contributed by atoms with Gasteiger partial charge in [-0.1, -0.05) is 36.8 Å². The molecule has 1 atom stereocenters. The largest absolute Gasteiger partial charge is 0.314 e. The van der Waals surface area contributed by atoms with Gasteiger partial charge in [-0.3, -0.25) is 0 Å². The molecule has 1 aromatic carbocycles. The molecule has 0 fully saturated rings. The first kappa shape index (κ1) is 12.3. The van der Waals surface area contributed by atoms with E-state index in [-0.39, 0.29) is 0 Å². The average molecular weight is 205 g/mol. The summed E-state index contributed by atoms with van der Waals surface area (Å²) in [6.45, 7) is 7.74. The highest BCUT2D eigenvalue weighted by Crippen LogP contribution is 2.06. The van der Waals surface area contributed by atoms with Gasteiger partial charge in [0.25, 0.3) is 0 Å². The molecule has 1 nitrogen and oxygen atoms in total. The molecule has 1 N–H and O–H groups in total. The molecule has 15 heavy (non-hydrogen) atoms. The van der Waals surface area contributed by atoms with Crippen molar-refractivity contribution in [2.45, 2.75) is 46.1 Å². The lowest BCUT2D eigenvalue weighted by Crippen LogP contribution is -2.26. The zero-order chi connectivity index (χ0) is 11.1. The highest BCUT2D eigenvalue weighted by Gasteiger charge is 1.97. The average Bonchev–Trinajstić information content (AvgIpc) is 2.24. The Labute approximate surface area is 93.9 Å². The molecule has 0 saturated heterocycles. The van der Waals surface area contributed by atoms with Gasteiger partial charge in [0.2, 0.25) is 0 Å². The molecule has 1 unspecified atom stereocenters. The van der Waals surface area contributed by atoms with Crippen molar-refractivity contribution in [1.29, 1.82) is 0 Å². The molecular weight excluding hydrogens is 182 g/mol. The van der Waals surface area contributed by atoms with E-state index in [9.17, 15) is 0 Å². The number of hydrogen-bond acceptors (Lipinski definition) is 1. The van der Waals surface area contributed by atoms with E-state index in [0.717, 1.165) is 6.54 Å². The first-order valence-electron chi connectivity index (χ1n) is 6.01. The normalized spacial score (nSPS) is 12.7. The lowest BCUT2D eigenvalue weighted by Gasteiger charge is -2.10. The monoisotopic (exact) mass is 205 g/mol. The van der Waals surface area contributed by atoms with Gasteiger partial charge in [0, 0.05) is 6.04 Å². The van der Waals surface area contributed by atoms with Crippen LogP contribution in [0.4, 0.5) is 0 Å². The Kier molecular flexibility index (Phi) is 5.41. The first-order valence-corrected chi connectivity index (χ1v) is 6.01. The third kappa shape index (κ3) is 4.98. The van der Waals surface area contributed by atoms with E-state index in [2.05, 4.69) is 50.4 Å². The van der Waals surface area contributed by atoms with Gasteiger partial charge in [-0.25, -0.2) is 0 Å². The molecule has 0 amide bonds. The van der Waals surface area contributed by atoms with E-state index in [1.165, 1.54) is 30.4 Å². The van der Waals surface area contributed by atoms with E-state index in [4.69, 9.17) is 0 Å². The van der Waals surface area contributed by atoms with Gasteiger partial charge in [-0.2, -0.15) is 0 Å². The zero-order valence-electron chi connectivity index (χ0n) is 10.2. The molecule has 0 aromatic heterocycles. The van der Waals surface area contributed by atoms with E-state index in [0.29, 0.717) is 6.04 Å². The van der Waals surface area contributed by atoms with Crippen molar-refractivity contribution in [3.63, 3.8) is 0 Å². The van der Waals surface area contributed by atoms with Gasteiger partial charge < -0.3 is 5.32 Å². The second-order valence-electron chi connectivity index (χ2n) is 4.36. The SMILES string of the molecule is CCC(C)NCCCc1cccc(C)c1. The number of nitrogens with one attached hydrogen (secondary N) is 1. The fraction of sp³-hybridized carbons (Fsp3) is 0.571. The van der Waals surface area contributed by atoms with Crippen LogP contribution in [0.3, 0.4) is 0 Å². The van der Waals surface area contributed by atoms with Crippen molar-refractivity contribution in [2.75, 3.05) is 6.54 Å². The molecule has 1 heteroatoms. The fourth-order valence-corrected chi connectivity index (χ4v) is 1.65. The van der Waals surface area contributed by atoms with Crippen LogP contribution in [0.25, 0.3) is 0 Å². The number of aryl methyl sites for hydroxylation is 2. The first-order chi connectivity index (χ1) is 7.22. The molecule has 1 aromatic rings. The summed E-state index contributed by atoms with van der Waals surface area (Å²) in [5.74, 6) is 0. The van der Waals surface area contributed by atoms with Crippen molar-refractivity contribution in [1.82, 2.24) is 5.32 Å². The Morgan fingerprint density at radius 3 is 2.80 bits per heavy atom. The highest BCUT2D eigenvalue weighted by molar-refractivity contribution is 5.22. The second kappa shape index (κ2) is 6.62. The Morgan fingerprint density at radius 2 is 2.13 bits per heavy atom. The summed E-state index contributed by atoms with van der Waals surface area (Å²) >= 11 is 0. The maximum Gasteiger partial charge on any atom is 0.00361 e. The summed E-state index contributed by atoms with van der Waals surface area (Å²) in [6.07, 6.45) is 3.63. The molecule has 0 saturated carbocycles. The molecule has 0 bridgehead atoms. The summed E-state index contributed by atoms with van der Waals surface area (Å²) in [4.78, 5) is 0. The van der Waals surface area contributed by atoms with Gasteiger partial charge in [-0.05, 0) is 45.2 Å². The van der Waals surface area contributed by atoms with Crippen LogP contribution in [0, 0.1) is 6.92 Å². The maximum atomic E-state index is 3.52. The standard InChI is InChI=1S/C14H23N/c1-4-13(3)15-10-6-9-14-8-5-7-12(2)11-14/h5,7-8,11,13,15H,4,6,9-10H2,1-3H3. The minimum atomic E-state index is 0.655. The molecule has 0 radical (unpaired) electrons. The Balaban J connectivity index is 2.20. The van der Waals surface area contributed by atoms with E-state index >= 15 is 0 Å². The van der Waals surface area contributed by atoms with Crippen molar-refractivity contribution in [3.05, 3.63) is 35.4 Å². The van der Waals surface area contributed by atoms with Crippen LogP contribution in [-0.4, -0.2) is 12.6 Å². The summed E-state index contributed by atoms with van der Waals surface area (Å²) < 4.78 is 0. The number of benzene rings is 1. The summed E-state index contributed by atoms with van der Waals surface area (Å²) in [6, 6.07) is 9.45. The molecular formula is C14H23N. The lowest BCUT2D eigenvalue weighted by atomic mass is 10.1. The van der Waals surface area contributed by atoms with Crippen LogP contribution in [0.5, 0.6) is 0 Å². The summed E-state index contributed by atoms with van der Waals surface area (Å²) in [5.41, 5.74) is 2.82. The van der Waals surface area contributed by atoms with Crippen LogP contribution in [0.15, 0.2) is 24.3 Å². The topological polar surface area (TPSA) is 12.0 Å². The lowest BCUT2D eigenvalue weighted by molar-refractivity contribution is 0.524. The van der Waals surface area contributed by atoms with E-state index in [1.54, 1.807) is 0 Å². The third-order valence-electron chi connectivity index (χ3n) is 2.83. The fourth-order valence-electron chi connectivity index (χ4n) is 1.65.